The molecule has 0 aliphatic carbocycles. The summed E-state index contributed by atoms with van der Waals surface area (Å²) >= 11 is 6.20. The van der Waals surface area contributed by atoms with Gasteiger partial charge in [0.25, 0.3) is 5.91 Å². The van der Waals surface area contributed by atoms with Crippen molar-refractivity contribution in [1.82, 2.24) is 14.5 Å². The molecule has 9 heteroatoms. The third-order valence-electron chi connectivity index (χ3n) is 5.56. The van der Waals surface area contributed by atoms with Crippen molar-refractivity contribution in [1.29, 1.82) is 0 Å². The van der Waals surface area contributed by atoms with Crippen LogP contribution in [0, 0.1) is 0 Å². The standard InChI is InChI=1S/C22H26ClN3O4S/c1-4-25(5-2)31(29,30)20-13-16(10-11-18(20)23)22(28)26-14-17-9-7-6-8-15(17)12-19(26)21(27)24-3/h6-11,13,19H,4-5,12,14H2,1-3H3,(H,24,27)/t19-/m1/s1. The molecule has 1 N–H and O–H groups in total. The topological polar surface area (TPSA) is 86.8 Å². The summed E-state index contributed by atoms with van der Waals surface area (Å²) < 4.78 is 27.3. The second-order valence-corrected chi connectivity index (χ2v) is 9.58. The fraction of sp³-hybridized carbons (Fsp3) is 0.364. The second-order valence-electron chi connectivity index (χ2n) is 7.27. The van der Waals surface area contributed by atoms with Crippen LogP contribution in [0.25, 0.3) is 0 Å². The van der Waals surface area contributed by atoms with E-state index in [1.807, 2.05) is 24.3 Å². The van der Waals surface area contributed by atoms with Gasteiger partial charge < -0.3 is 10.2 Å². The van der Waals surface area contributed by atoms with Crippen LogP contribution >= 0.6 is 11.6 Å². The Bertz CT molecular complexity index is 1100. The molecule has 7 nitrogen and oxygen atoms in total. The Balaban J connectivity index is 2.03. The summed E-state index contributed by atoms with van der Waals surface area (Å²) in [6.07, 6.45) is 0.389. The molecule has 166 valence electrons. The molecular formula is C22H26ClN3O4S. The number of sulfonamides is 1. The zero-order chi connectivity index (χ0) is 22.8. The molecule has 0 bridgehead atoms. The van der Waals surface area contributed by atoms with Crippen molar-refractivity contribution in [3.05, 3.63) is 64.2 Å². The van der Waals surface area contributed by atoms with Crippen LogP contribution in [0.4, 0.5) is 0 Å². The Kier molecular flexibility index (Phi) is 7.03. The van der Waals surface area contributed by atoms with Gasteiger partial charge in [-0.05, 0) is 29.3 Å². The number of hydrogen-bond donors (Lipinski definition) is 1. The van der Waals surface area contributed by atoms with E-state index in [9.17, 15) is 18.0 Å². The number of benzene rings is 2. The highest BCUT2D eigenvalue weighted by Gasteiger charge is 2.35. The van der Waals surface area contributed by atoms with E-state index >= 15 is 0 Å². The van der Waals surface area contributed by atoms with Gasteiger partial charge in [0.15, 0.2) is 0 Å². The first-order chi connectivity index (χ1) is 14.7. The van der Waals surface area contributed by atoms with Crippen LogP contribution < -0.4 is 5.32 Å². The fourth-order valence-corrected chi connectivity index (χ4v) is 5.80. The molecule has 0 saturated heterocycles. The average molecular weight is 464 g/mol. The molecule has 3 rings (SSSR count). The van der Waals surface area contributed by atoms with Gasteiger partial charge in [-0.2, -0.15) is 4.31 Å². The van der Waals surface area contributed by atoms with Gasteiger partial charge in [0, 0.05) is 38.7 Å². The molecule has 0 radical (unpaired) electrons. The zero-order valence-electron chi connectivity index (χ0n) is 17.8. The molecular weight excluding hydrogens is 438 g/mol. The largest absolute Gasteiger partial charge is 0.357 e. The van der Waals surface area contributed by atoms with Crippen molar-refractivity contribution in [2.45, 2.75) is 37.8 Å². The van der Waals surface area contributed by atoms with Crippen LogP contribution in [0.3, 0.4) is 0 Å². The van der Waals surface area contributed by atoms with Crippen molar-refractivity contribution in [3.8, 4) is 0 Å². The van der Waals surface area contributed by atoms with Crippen LogP contribution in [0.2, 0.25) is 5.02 Å². The first kappa shape index (κ1) is 23.2. The maximum atomic E-state index is 13.4. The normalized spacial score (nSPS) is 16.2. The summed E-state index contributed by atoms with van der Waals surface area (Å²) in [7, 11) is -2.32. The van der Waals surface area contributed by atoms with Gasteiger partial charge in [0.1, 0.15) is 10.9 Å². The van der Waals surface area contributed by atoms with Crippen molar-refractivity contribution in [2.24, 2.45) is 0 Å². The second kappa shape index (κ2) is 9.38. The number of nitrogens with zero attached hydrogens (tertiary/aromatic N) is 2. The quantitative estimate of drug-likeness (QED) is 0.713. The molecule has 1 aliphatic heterocycles. The molecule has 31 heavy (non-hydrogen) atoms. The van der Waals surface area contributed by atoms with Crippen LogP contribution in [-0.2, 0) is 27.8 Å². The van der Waals surface area contributed by atoms with E-state index in [0.29, 0.717) is 6.42 Å². The number of carbonyl (C=O) groups excluding carboxylic acids is 2. The van der Waals surface area contributed by atoms with E-state index in [0.717, 1.165) is 11.1 Å². The number of fused-ring (bicyclic) bond motifs is 1. The van der Waals surface area contributed by atoms with Gasteiger partial charge in [-0.1, -0.05) is 49.7 Å². The summed E-state index contributed by atoms with van der Waals surface area (Å²) in [6, 6.07) is 11.2. The number of amides is 2. The summed E-state index contributed by atoms with van der Waals surface area (Å²) in [5.74, 6) is -0.691. The molecule has 0 spiro atoms. The molecule has 1 aliphatic rings. The zero-order valence-corrected chi connectivity index (χ0v) is 19.3. The van der Waals surface area contributed by atoms with Crippen LogP contribution in [0.5, 0.6) is 0 Å². The molecule has 0 saturated carbocycles. The molecule has 2 aromatic carbocycles. The molecule has 2 aromatic rings. The maximum Gasteiger partial charge on any atom is 0.254 e. The van der Waals surface area contributed by atoms with E-state index in [1.54, 1.807) is 13.8 Å². The van der Waals surface area contributed by atoms with Gasteiger partial charge in [-0.25, -0.2) is 8.42 Å². The number of rotatable bonds is 6. The third kappa shape index (κ3) is 4.46. The number of likely N-dealkylation sites (N-methyl/N-ethyl adjacent to an activating group) is 1. The Morgan fingerprint density at radius 3 is 2.39 bits per heavy atom. The van der Waals surface area contributed by atoms with Gasteiger partial charge in [-0.3, -0.25) is 9.59 Å². The fourth-order valence-electron chi connectivity index (χ4n) is 3.84. The minimum atomic E-state index is -3.85. The smallest absolute Gasteiger partial charge is 0.254 e. The van der Waals surface area contributed by atoms with Crippen LogP contribution in [-0.4, -0.2) is 55.6 Å². The van der Waals surface area contributed by atoms with E-state index in [-0.39, 0.29) is 41.0 Å². The van der Waals surface area contributed by atoms with Gasteiger partial charge in [-0.15, -0.1) is 0 Å². The predicted octanol–water partition coefficient (Wildman–Crippen LogP) is 2.68. The molecule has 1 heterocycles. The van der Waals surface area contributed by atoms with Gasteiger partial charge in [0.2, 0.25) is 15.9 Å². The number of hydrogen-bond acceptors (Lipinski definition) is 4. The summed E-state index contributed by atoms with van der Waals surface area (Å²) in [5.41, 5.74) is 2.14. The lowest BCUT2D eigenvalue weighted by atomic mass is 9.93. The van der Waals surface area contributed by atoms with Gasteiger partial charge >= 0.3 is 0 Å². The monoisotopic (exact) mass is 463 g/mol. The van der Waals surface area contributed by atoms with Crippen molar-refractivity contribution >= 4 is 33.4 Å². The summed E-state index contributed by atoms with van der Waals surface area (Å²) in [6.45, 7) is 4.31. The van der Waals surface area contributed by atoms with E-state index < -0.39 is 22.0 Å². The minimum Gasteiger partial charge on any atom is -0.357 e. The first-order valence-corrected chi connectivity index (χ1v) is 11.9. The highest BCUT2D eigenvalue weighted by Crippen LogP contribution is 2.29. The molecule has 2 amide bonds. The number of halogens is 1. The number of carbonyl (C=O) groups is 2. The molecule has 0 unspecified atom stereocenters. The summed E-state index contributed by atoms with van der Waals surface area (Å²) in [4.78, 5) is 27.3. The Hall–Kier alpha value is -2.42. The minimum absolute atomic E-state index is 0.0512. The number of nitrogens with one attached hydrogen (secondary N) is 1. The van der Waals surface area contributed by atoms with E-state index in [2.05, 4.69) is 5.32 Å². The average Bonchev–Trinajstić information content (AvgIpc) is 2.78. The van der Waals surface area contributed by atoms with Crippen LogP contribution in [0.15, 0.2) is 47.4 Å². The van der Waals surface area contributed by atoms with E-state index in [4.69, 9.17) is 11.6 Å². The predicted molar refractivity (Wildman–Crippen MR) is 119 cm³/mol. The lowest BCUT2D eigenvalue weighted by molar-refractivity contribution is -0.125. The summed E-state index contributed by atoms with van der Waals surface area (Å²) in [5, 5.41) is 2.67. The molecule has 0 aromatic heterocycles. The first-order valence-electron chi connectivity index (χ1n) is 10.1. The van der Waals surface area contributed by atoms with Gasteiger partial charge in [0.05, 0.1) is 5.02 Å². The van der Waals surface area contributed by atoms with E-state index in [1.165, 1.54) is 34.5 Å². The Morgan fingerprint density at radius 2 is 1.77 bits per heavy atom. The third-order valence-corrected chi connectivity index (χ3v) is 8.09. The maximum absolute atomic E-state index is 13.4. The highest BCUT2D eigenvalue weighted by atomic mass is 35.5. The van der Waals surface area contributed by atoms with Crippen molar-refractivity contribution in [2.75, 3.05) is 20.1 Å². The SMILES string of the molecule is CCN(CC)S(=O)(=O)c1cc(C(=O)N2Cc3ccccc3C[C@@H]2C(=O)NC)ccc1Cl. The highest BCUT2D eigenvalue weighted by molar-refractivity contribution is 7.89. The molecule has 1 atom stereocenters. The van der Waals surface area contributed by atoms with Crippen LogP contribution in [0.1, 0.15) is 35.3 Å². The Morgan fingerprint density at radius 1 is 1.13 bits per heavy atom. The lowest BCUT2D eigenvalue weighted by Gasteiger charge is -2.36. The van der Waals surface area contributed by atoms with Crippen molar-refractivity contribution < 1.29 is 18.0 Å². The van der Waals surface area contributed by atoms with Crippen molar-refractivity contribution in [3.63, 3.8) is 0 Å². The lowest BCUT2D eigenvalue weighted by Crippen LogP contribution is -2.52. The molecule has 0 fully saturated rings. The Labute approximate surface area is 188 Å².